The van der Waals surface area contributed by atoms with Crippen molar-refractivity contribution in [2.45, 2.75) is 45.7 Å². The Hall–Kier alpha value is -2.22. The summed E-state index contributed by atoms with van der Waals surface area (Å²) in [7, 11) is 2.13. The fraction of sp³-hybridized carbons (Fsp3) is 0.667. The van der Waals surface area contributed by atoms with Gasteiger partial charge in [0.15, 0.2) is 5.82 Å². The first-order valence-corrected chi connectivity index (χ1v) is 9.33. The lowest BCUT2D eigenvalue weighted by atomic mass is 9.76. The van der Waals surface area contributed by atoms with Gasteiger partial charge in [-0.05, 0) is 44.7 Å². The predicted octanol–water partition coefficient (Wildman–Crippen LogP) is 1.89. The topological polar surface area (TPSA) is 80.3 Å². The van der Waals surface area contributed by atoms with Gasteiger partial charge in [0.1, 0.15) is 5.69 Å². The number of carbonyl (C=O) groups excluding carboxylic acids is 1. The van der Waals surface area contributed by atoms with Crippen LogP contribution in [0.4, 0.5) is 0 Å². The highest BCUT2D eigenvalue weighted by atomic mass is 16.5. The molecule has 4 heterocycles. The number of aryl methyl sites for hydroxylation is 2. The maximum Gasteiger partial charge on any atom is 0.272 e. The van der Waals surface area contributed by atoms with Gasteiger partial charge in [0.2, 0.25) is 5.89 Å². The number of amides is 1. The molecule has 140 valence electrons. The number of hydrogen-bond donors (Lipinski definition) is 0. The van der Waals surface area contributed by atoms with Crippen LogP contribution < -0.4 is 0 Å². The number of hydrogen-bond acceptors (Lipinski definition) is 6. The summed E-state index contributed by atoms with van der Waals surface area (Å²) in [5.41, 5.74) is 0.919. The number of nitrogens with zero attached hydrogens (tertiary/aromatic N) is 6. The average molecular weight is 358 g/mol. The number of rotatable bonds is 3. The van der Waals surface area contributed by atoms with Crippen molar-refractivity contribution in [1.29, 1.82) is 0 Å². The predicted molar refractivity (Wildman–Crippen MR) is 94.5 cm³/mol. The van der Waals surface area contributed by atoms with Gasteiger partial charge >= 0.3 is 0 Å². The standard InChI is InChI=1S/C18H26N6O2/c1-4-24-14(5-8-19-24)17(25)23-9-6-18(7-10-23)11-15(22(3)12-18)16-20-13(2)26-21-16/h5,8,15H,4,6-7,9-12H2,1-3H3. The molecule has 4 rings (SSSR count). The van der Waals surface area contributed by atoms with E-state index in [2.05, 4.69) is 27.2 Å². The van der Waals surface area contributed by atoms with Gasteiger partial charge in [-0.25, -0.2) is 0 Å². The largest absolute Gasteiger partial charge is 0.340 e. The van der Waals surface area contributed by atoms with Crippen molar-refractivity contribution in [2.75, 3.05) is 26.7 Å². The minimum absolute atomic E-state index is 0.0934. The van der Waals surface area contributed by atoms with Gasteiger partial charge in [-0.3, -0.25) is 14.4 Å². The Morgan fingerprint density at radius 1 is 1.38 bits per heavy atom. The minimum atomic E-state index is 0.0934. The van der Waals surface area contributed by atoms with E-state index in [9.17, 15) is 4.79 Å². The van der Waals surface area contributed by atoms with Crippen LogP contribution in [0.3, 0.4) is 0 Å². The molecule has 2 aliphatic heterocycles. The fourth-order valence-corrected chi connectivity index (χ4v) is 4.48. The average Bonchev–Trinajstić information content (AvgIpc) is 3.34. The molecule has 1 unspecified atom stereocenters. The summed E-state index contributed by atoms with van der Waals surface area (Å²) in [5.74, 6) is 1.49. The number of piperidine rings is 1. The lowest BCUT2D eigenvalue weighted by Gasteiger charge is -2.39. The maximum atomic E-state index is 12.8. The molecule has 8 nitrogen and oxygen atoms in total. The molecule has 2 aliphatic rings. The SMILES string of the molecule is CCn1nccc1C(=O)N1CCC2(CC1)CC(c1noc(C)n1)N(C)C2. The summed E-state index contributed by atoms with van der Waals surface area (Å²) >= 11 is 0. The van der Waals surface area contributed by atoms with E-state index in [1.54, 1.807) is 10.9 Å². The van der Waals surface area contributed by atoms with Crippen molar-refractivity contribution >= 4 is 5.91 Å². The highest BCUT2D eigenvalue weighted by molar-refractivity contribution is 5.92. The zero-order valence-electron chi connectivity index (χ0n) is 15.7. The van der Waals surface area contributed by atoms with E-state index < -0.39 is 0 Å². The third kappa shape index (κ3) is 2.92. The second-order valence-corrected chi connectivity index (χ2v) is 7.63. The van der Waals surface area contributed by atoms with Gasteiger partial charge < -0.3 is 9.42 Å². The Morgan fingerprint density at radius 3 is 2.81 bits per heavy atom. The quantitative estimate of drug-likeness (QED) is 0.834. The van der Waals surface area contributed by atoms with Crippen molar-refractivity contribution in [1.82, 2.24) is 29.7 Å². The first-order valence-electron chi connectivity index (χ1n) is 9.33. The van der Waals surface area contributed by atoms with Crippen LogP contribution in [0.1, 0.15) is 54.4 Å². The molecule has 0 aromatic carbocycles. The lowest BCUT2D eigenvalue weighted by Crippen LogP contribution is -2.44. The second kappa shape index (κ2) is 6.50. The first-order chi connectivity index (χ1) is 12.5. The van der Waals surface area contributed by atoms with E-state index in [4.69, 9.17) is 4.52 Å². The van der Waals surface area contributed by atoms with E-state index in [0.29, 0.717) is 18.1 Å². The van der Waals surface area contributed by atoms with Crippen molar-refractivity contribution in [3.05, 3.63) is 29.7 Å². The Bertz CT molecular complexity index is 789. The number of carbonyl (C=O) groups is 1. The number of aromatic nitrogens is 4. The van der Waals surface area contributed by atoms with Crippen LogP contribution in [0, 0.1) is 12.3 Å². The Kier molecular flexibility index (Phi) is 4.30. The summed E-state index contributed by atoms with van der Waals surface area (Å²) in [5, 5.41) is 8.34. The highest BCUT2D eigenvalue weighted by Crippen LogP contribution is 2.47. The van der Waals surface area contributed by atoms with Crippen LogP contribution in [0.2, 0.25) is 0 Å². The molecule has 2 fully saturated rings. The van der Waals surface area contributed by atoms with E-state index in [1.807, 2.05) is 24.8 Å². The minimum Gasteiger partial charge on any atom is -0.340 e. The molecule has 2 aromatic rings. The first kappa shape index (κ1) is 17.2. The molecular formula is C18H26N6O2. The third-order valence-electron chi connectivity index (χ3n) is 5.93. The molecule has 1 atom stereocenters. The van der Waals surface area contributed by atoms with E-state index in [0.717, 1.165) is 44.7 Å². The van der Waals surface area contributed by atoms with Crippen LogP contribution in [0.5, 0.6) is 0 Å². The molecule has 0 saturated carbocycles. The lowest BCUT2D eigenvalue weighted by molar-refractivity contribution is 0.0581. The van der Waals surface area contributed by atoms with Gasteiger partial charge in [0.05, 0.1) is 6.04 Å². The van der Waals surface area contributed by atoms with Crippen molar-refractivity contribution in [3.8, 4) is 0 Å². The molecule has 0 bridgehead atoms. The summed E-state index contributed by atoms with van der Waals surface area (Å²) in [6.07, 6.45) is 4.75. The maximum absolute atomic E-state index is 12.8. The molecule has 8 heteroatoms. The van der Waals surface area contributed by atoms with E-state index in [-0.39, 0.29) is 17.4 Å². The van der Waals surface area contributed by atoms with Crippen molar-refractivity contribution in [2.24, 2.45) is 5.41 Å². The smallest absolute Gasteiger partial charge is 0.272 e. The van der Waals surface area contributed by atoms with Gasteiger partial charge in [-0.15, -0.1) is 0 Å². The van der Waals surface area contributed by atoms with Gasteiger partial charge in [0.25, 0.3) is 5.91 Å². The molecule has 0 N–H and O–H groups in total. The molecule has 1 amide bonds. The molecule has 1 spiro atoms. The molecule has 0 aliphatic carbocycles. The van der Waals surface area contributed by atoms with Gasteiger partial charge in [-0.2, -0.15) is 10.1 Å². The van der Waals surface area contributed by atoms with Crippen LogP contribution in [-0.4, -0.2) is 62.3 Å². The van der Waals surface area contributed by atoms with Crippen LogP contribution in [-0.2, 0) is 6.54 Å². The Balaban J connectivity index is 1.43. The summed E-state index contributed by atoms with van der Waals surface area (Å²) in [6.45, 7) is 7.14. The Labute approximate surface area is 153 Å². The van der Waals surface area contributed by atoms with E-state index in [1.165, 1.54) is 0 Å². The zero-order chi connectivity index (χ0) is 18.3. The molecule has 2 aromatic heterocycles. The monoisotopic (exact) mass is 358 g/mol. The van der Waals surface area contributed by atoms with Crippen LogP contribution >= 0.6 is 0 Å². The van der Waals surface area contributed by atoms with E-state index >= 15 is 0 Å². The van der Waals surface area contributed by atoms with Crippen LogP contribution in [0.25, 0.3) is 0 Å². The summed E-state index contributed by atoms with van der Waals surface area (Å²) < 4.78 is 6.93. The van der Waals surface area contributed by atoms with Crippen molar-refractivity contribution in [3.63, 3.8) is 0 Å². The van der Waals surface area contributed by atoms with Gasteiger partial charge in [0, 0.05) is 39.3 Å². The highest BCUT2D eigenvalue weighted by Gasteiger charge is 2.46. The third-order valence-corrected chi connectivity index (χ3v) is 5.93. The summed E-state index contributed by atoms with van der Waals surface area (Å²) in [4.78, 5) is 21.5. The zero-order valence-corrected chi connectivity index (χ0v) is 15.7. The van der Waals surface area contributed by atoms with Gasteiger partial charge in [-0.1, -0.05) is 5.16 Å². The van der Waals surface area contributed by atoms with Crippen LogP contribution in [0.15, 0.2) is 16.8 Å². The number of likely N-dealkylation sites (tertiary alicyclic amines) is 2. The normalized spacial score (nSPS) is 23.0. The molecular weight excluding hydrogens is 332 g/mol. The van der Waals surface area contributed by atoms with Crippen molar-refractivity contribution < 1.29 is 9.32 Å². The second-order valence-electron chi connectivity index (χ2n) is 7.63. The summed E-state index contributed by atoms with van der Waals surface area (Å²) in [6, 6.07) is 2.02. The molecule has 0 radical (unpaired) electrons. The fourth-order valence-electron chi connectivity index (χ4n) is 4.48. The Morgan fingerprint density at radius 2 is 2.15 bits per heavy atom. The molecule has 26 heavy (non-hydrogen) atoms. The molecule has 2 saturated heterocycles.